The zero-order valence-corrected chi connectivity index (χ0v) is 12.8. The second kappa shape index (κ2) is 6.71. The number of likely N-dealkylation sites (N-methyl/N-ethyl adjacent to an activating group) is 2. The van der Waals surface area contributed by atoms with Crippen LogP contribution in [0, 0.1) is 0 Å². The highest BCUT2D eigenvalue weighted by atomic mass is 16.2. The Hall–Kier alpha value is -1.35. The van der Waals surface area contributed by atoms with Crippen molar-refractivity contribution in [3.8, 4) is 0 Å². The van der Waals surface area contributed by atoms with Crippen LogP contribution < -0.4 is 5.32 Å². The van der Waals surface area contributed by atoms with E-state index in [1.807, 2.05) is 27.9 Å². The molecule has 1 rings (SSSR count). The van der Waals surface area contributed by atoms with E-state index in [0.29, 0.717) is 0 Å². The van der Waals surface area contributed by atoms with E-state index < -0.39 is 5.41 Å². The molecule has 0 saturated carbocycles. The molecule has 1 aromatic rings. The minimum atomic E-state index is -0.477. The Morgan fingerprint density at radius 1 is 1.26 bits per heavy atom. The molecular weight excluding hydrogens is 236 g/mol. The van der Waals surface area contributed by atoms with E-state index in [4.69, 9.17) is 0 Å². The van der Waals surface area contributed by atoms with Crippen LogP contribution in [0.25, 0.3) is 0 Å². The van der Waals surface area contributed by atoms with Gasteiger partial charge in [-0.3, -0.25) is 4.79 Å². The number of aryl methyl sites for hydroxylation is 1. The van der Waals surface area contributed by atoms with Crippen molar-refractivity contribution in [1.29, 1.82) is 0 Å². The highest BCUT2D eigenvalue weighted by Crippen LogP contribution is 2.25. The SMILES string of the molecule is CCc1ccc(C(C)(C)C(=O)N(C)CCNC)cc1. The molecule has 1 N–H and O–H groups in total. The van der Waals surface area contributed by atoms with Gasteiger partial charge in [0.05, 0.1) is 5.41 Å². The van der Waals surface area contributed by atoms with Crippen LogP contribution in [0.15, 0.2) is 24.3 Å². The van der Waals surface area contributed by atoms with E-state index in [9.17, 15) is 4.79 Å². The van der Waals surface area contributed by atoms with Crippen molar-refractivity contribution in [3.63, 3.8) is 0 Å². The number of rotatable bonds is 6. The normalized spacial score (nSPS) is 11.4. The maximum absolute atomic E-state index is 12.5. The Morgan fingerprint density at radius 3 is 2.32 bits per heavy atom. The Labute approximate surface area is 117 Å². The van der Waals surface area contributed by atoms with Crippen LogP contribution in [0.4, 0.5) is 0 Å². The van der Waals surface area contributed by atoms with Crippen molar-refractivity contribution in [2.75, 3.05) is 27.2 Å². The summed E-state index contributed by atoms with van der Waals surface area (Å²) < 4.78 is 0. The molecule has 0 saturated heterocycles. The third kappa shape index (κ3) is 3.80. The summed E-state index contributed by atoms with van der Waals surface area (Å²) in [5, 5.41) is 3.07. The van der Waals surface area contributed by atoms with E-state index in [2.05, 4.69) is 36.5 Å². The Kier molecular flexibility index (Phi) is 5.55. The molecule has 0 radical (unpaired) electrons. The highest BCUT2D eigenvalue weighted by Gasteiger charge is 2.31. The lowest BCUT2D eigenvalue weighted by Gasteiger charge is -2.30. The van der Waals surface area contributed by atoms with Crippen LogP contribution in [0.5, 0.6) is 0 Å². The van der Waals surface area contributed by atoms with Gasteiger partial charge in [-0.25, -0.2) is 0 Å². The molecule has 0 bridgehead atoms. The monoisotopic (exact) mass is 262 g/mol. The van der Waals surface area contributed by atoms with Gasteiger partial charge in [-0.2, -0.15) is 0 Å². The van der Waals surface area contributed by atoms with Gasteiger partial charge in [0.15, 0.2) is 0 Å². The third-order valence-electron chi connectivity index (χ3n) is 3.66. The molecule has 0 unspecified atom stereocenters. The fourth-order valence-corrected chi connectivity index (χ4v) is 2.14. The molecule has 3 nitrogen and oxygen atoms in total. The molecule has 0 aliphatic rings. The third-order valence-corrected chi connectivity index (χ3v) is 3.66. The molecule has 0 aromatic heterocycles. The maximum Gasteiger partial charge on any atom is 0.232 e. The second-order valence-electron chi connectivity index (χ2n) is 5.51. The molecule has 0 fully saturated rings. The van der Waals surface area contributed by atoms with E-state index in [1.165, 1.54) is 5.56 Å². The van der Waals surface area contributed by atoms with Crippen LogP contribution in [-0.4, -0.2) is 38.0 Å². The van der Waals surface area contributed by atoms with Crippen LogP contribution in [0.3, 0.4) is 0 Å². The molecule has 0 aliphatic carbocycles. The summed E-state index contributed by atoms with van der Waals surface area (Å²) in [5.74, 6) is 0.159. The quantitative estimate of drug-likeness (QED) is 0.852. The first kappa shape index (κ1) is 15.7. The fraction of sp³-hybridized carbons (Fsp3) is 0.562. The minimum Gasteiger partial charge on any atom is -0.344 e. The summed E-state index contributed by atoms with van der Waals surface area (Å²) in [4.78, 5) is 14.3. The maximum atomic E-state index is 12.5. The molecule has 19 heavy (non-hydrogen) atoms. The highest BCUT2D eigenvalue weighted by molar-refractivity contribution is 5.87. The number of nitrogens with zero attached hydrogens (tertiary/aromatic N) is 1. The number of hydrogen-bond donors (Lipinski definition) is 1. The standard InChI is InChI=1S/C16H26N2O/c1-6-13-7-9-14(10-8-13)16(2,3)15(19)18(5)12-11-17-4/h7-10,17H,6,11-12H2,1-5H3. The predicted molar refractivity (Wildman–Crippen MR) is 80.4 cm³/mol. The van der Waals surface area contributed by atoms with Crippen LogP contribution in [-0.2, 0) is 16.6 Å². The molecular formula is C16H26N2O. The van der Waals surface area contributed by atoms with Crippen molar-refractivity contribution in [3.05, 3.63) is 35.4 Å². The molecule has 0 atom stereocenters. The van der Waals surface area contributed by atoms with Gasteiger partial charge in [0, 0.05) is 20.1 Å². The largest absolute Gasteiger partial charge is 0.344 e. The topological polar surface area (TPSA) is 32.3 Å². The summed E-state index contributed by atoms with van der Waals surface area (Å²) in [6.45, 7) is 7.66. The molecule has 0 aliphatic heterocycles. The molecule has 3 heteroatoms. The first-order valence-corrected chi connectivity index (χ1v) is 6.93. The number of carbonyl (C=O) groups excluding carboxylic acids is 1. The van der Waals surface area contributed by atoms with Gasteiger partial charge < -0.3 is 10.2 Å². The Morgan fingerprint density at radius 2 is 1.84 bits per heavy atom. The minimum absolute atomic E-state index is 0.159. The molecule has 1 amide bonds. The van der Waals surface area contributed by atoms with E-state index in [-0.39, 0.29) is 5.91 Å². The van der Waals surface area contributed by atoms with E-state index in [0.717, 1.165) is 25.1 Å². The lowest BCUT2D eigenvalue weighted by molar-refractivity contribution is -0.134. The number of hydrogen-bond acceptors (Lipinski definition) is 2. The van der Waals surface area contributed by atoms with Crippen molar-refractivity contribution in [2.45, 2.75) is 32.6 Å². The van der Waals surface area contributed by atoms with Crippen LogP contribution in [0.1, 0.15) is 31.9 Å². The number of benzene rings is 1. The van der Waals surface area contributed by atoms with Crippen LogP contribution in [0.2, 0.25) is 0 Å². The number of carbonyl (C=O) groups is 1. The number of nitrogens with one attached hydrogen (secondary N) is 1. The fourth-order valence-electron chi connectivity index (χ4n) is 2.14. The van der Waals surface area contributed by atoms with Gasteiger partial charge in [-0.05, 0) is 38.4 Å². The van der Waals surface area contributed by atoms with Crippen molar-refractivity contribution < 1.29 is 4.79 Å². The van der Waals surface area contributed by atoms with Crippen LogP contribution >= 0.6 is 0 Å². The lowest BCUT2D eigenvalue weighted by atomic mass is 9.83. The van der Waals surface area contributed by atoms with Crippen molar-refractivity contribution >= 4 is 5.91 Å². The van der Waals surface area contributed by atoms with Gasteiger partial charge >= 0.3 is 0 Å². The lowest BCUT2D eigenvalue weighted by Crippen LogP contribution is -2.43. The predicted octanol–water partition coefficient (Wildman–Crippen LogP) is 2.20. The molecule has 0 spiro atoms. The van der Waals surface area contributed by atoms with E-state index >= 15 is 0 Å². The second-order valence-corrected chi connectivity index (χ2v) is 5.51. The van der Waals surface area contributed by atoms with Crippen molar-refractivity contribution in [1.82, 2.24) is 10.2 Å². The summed E-state index contributed by atoms with van der Waals surface area (Å²) in [7, 11) is 3.76. The smallest absolute Gasteiger partial charge is 0.232 e. The average molecular weight is 262 g/mol. The van der Waals surface area contributed by atoms with E-state index in [1.54, 1.807) is 4.90 Å². The van der Waals surface area contributed by atoms with Crippen molar-refractivity contribution in [2.24, 2.45) is 0 Å². The Bertz CT molecular complexity index is 409. The summed E-state index contributed by atoms with van der Waals surface area (Å²) in [6.07, 6.45) is 1.02. The Balaban J connectivity index is 2.85. The first-order chi connectivity index (χ1) is 8.93. The zero-order valence-electron chi connectivity index (χ0n) is 12.8. The van der Waals surface area contributed by atoms with Gasteiger partial charge in [0.2, 0.25) is 5.91 Å². The average Bonchev–Trinajstić information content (AvgIpc) is 2.43. The van der Waals surface area contributed by atoms with Gasteiger partial charge in [-0.1, -0.05) is 31.2 Å². The number of amides is 1. The van der Waals surface area contributed by atoms with Gasteiger partial charge in [0.25, 0.3) is 0 Å². The zero-order chi connectivity index (χ0) is 14.5. The first-order valence-electron chi connectivity index (χ1n) is 6.93. The molecule has 0 heterocycles. The van der Waals surface area contributed by atoms with Gasteiger partial charge in [-0.15, -0.1) is 0 Å². The molecule has 106 valence electrons. The van der Waals surface area contributed by atoms with Gasteiger partial charge in [0.1, 0.15) is 0 Å². The molecule has 1 aromatic carbocycles. The summed E-state index contributed by atoms with van der Waals surface area (Å²) in [6, 6.07) is 8.36. The summed E-state index contributed by atoms with van der Waals surface area (Å²) >= 11 is 0. The summed E-state index contributed by atoms with van der Waals surface area (Å²) in [5.41, 5.74) is 1.90.